The lowest BCUT2D eigenvalue weighted by Crippen LogP contribution is -1.99. The molecular weight excluding hydrogens is 400 g/mol. The van der Waals surface area contributed by atoms with Gasteiger partial charge in [0.05, 0.1) is 12.9 Å². The van der Waals surface area contributed by atoms with Crippen molar-refractivity contribution in [2.75, 3.05) is 6.61 Å². The number of unbranched alkanes of at least 4 members (excludes halogenated alkanes) is 11. The number of hydrogen-bond donors (Lipinski definition) is 0. The Bertz CT molecular complexity index is 530. The fourth-order valence-corrected chi connectivity index (χ4v) is 2.79. The summed E-state index contributed by atoms with van der Waals surface area (Å²) in [6, 6.07) is 0. The Hall–Kier alpha value is -2.10. The molecule has 0 aromatic carbocycles. The summed E-state index contributed by atoms with van der Waals surface area (Å²) in [5, 5.41) is 0. The van der Waals surface area contributed by atoms with E-state index in [0.29, 0.717) is 6.61 Å². The van der Waals surface area contributed by atoms with Crippen LogP contribution in [0.2, 0.25) is 0 Å². The second-order valence-electron chi connectivity index (χ2n) is 7.77. The van der Waals surface area contributed by atoms with Crippen molar-refractivity contribution in [3.05, 3.63) is 48.8 Å². The van der Waals surface area contributed by atoms with Crippen LogP contribution in [-0.2, 0) is 19.1 Å². The predicted molar refractivity (Wildman–Crippen MR) is 136 cm³/mol. The van der Waals surface area contributed by atoms with Crippen molar-refractivity contribution >= 4 is 11.9 Å². The minimum atomic E-state index is -0.277. The van der Waals surface area contributed by atoms with Crippen LogP contribution < -0.4 is 0 Å². The van der Waals surface area contributed by atoms with Crippen molar-refractivity contribution in [3.63, 3.8) is 0 Å². The van der Waals surface area contributed by atoms with Gasteiger partial charge < -0.3 is 9.47 Å². The van der Waals surface area contributed by atoms with E-state index in [9.17, 15) is 9.59 Å². The van der Waals surface area contributed by atoms with Gasteiger partial charge in [0, 0.05) is 13.8 Å². The lowest BCUT2D eigenvalue weighted by Gasteiger charge is -2.01. The fraction of sp³-hybridized carbons (Fsp3) is 0.643. The number of ether oxygens (including phenoxy) is 2. The second kappa shape index (κ2) is 28.9. The Morgan fingerprint density at radius 1 is 0.656 bits per heavy atom. The molecule has 4 heteroatoms. The standard InChI is InChI=1S/2C14H24O2/c2*1-3-4-5-6-7-8-9-10-11-12-13-16-14(2)15/h10-13H,3-9H2,1-2H3;3-6H,7-13H2,1-2H3. The molecule has 0 saturated heterocycles. The molecule has 184 valence electrons. The van der Waals surface area contributed by atoms with E-state index in [1.54, 1.807) is 6.08 Å². The Kier molecular flexibility index (Phi) is 29.0. The molecule has 0 fully saturated rings. The van der Waals surface area contributed by atoms with E-state index >= 15 is 0 Å². The summed E-state index contributed by atoms with van der Waals surface area (Å²) < 4.78 is 9.50. The largest absolute Gasteiger partial charge is 0.466 e. The first-order valence-corrected chi connectivity index (χ1v) is 12.4. The van der Waals surface area contributed by atoms with Crippen LogP contribution in [0.3, 0.4) is 0 Å². The maximum absolute atomic E-state index is 10.5. The monoisotopic (exact) mass is 448 g/mol. The molecule has 0 aromatic heterocycles. The zero-order valence-corrected chi connectivity index (χ0v) is 21.2. The van der Waals surface area contributed by atoms with Gasteiger partial charge in [-0.1, -0.05) is 94.7 Å². The quantitative estimate of drug-likeness (QED) is 0.0914. The Morgan fingerprint density at radius 3 is 1.72 bits per heavy atom. The van der Waals surface area contributed by atoms with Crippen LogP contribution in [0.4, 0.5) is 0 Å². The summed E-state index contributed by atoms with van der Waals surface area (Å²) in [6.45, 7) is 7.68. The topological polar surface area (TPSA) is 52.6 Å². The van der Waals surface area contributed by atoms with Crippen molar-refractivity contribution in [2.45, 2.75) is 111 Å². The first kappa shape index (κ1) is 32.1. The van der Waals surface area contributed by atoms with Gasteiger partial charge in [-0.3, -0.25) is 9.59 Å². The zero-order valence-electron chi connectivity index (χ0n) is 21.2. The Morgan fingerprint density at radius 2 is 1.19 bits per heavy atom. The maximum atomic E-state index is 10.5. The molecule has 0 spiro atoms. The van der Waals surface area contributed by atoms with Crippen LogP contribution >= 0.6 is 0 Å². The second-order valence-corrected chi connectivity index (χ2v) is 7.77. The third-order valence-corrected chi connectivity index (χ3v) is 4.54. The molecule has 0 atom stereocenters. The van der Waals surface area contributed by atoms with Crippen molar-refractivity contribution in [2.24, 2.45) is 0 Å². The van der Waals surface area contributed by atoms with Crippen LogP contribution in [0.25, 0.3) is 0 Å². The third-order valence-electron chi connectivity index (χ3n) is 4.54. The number of carbonyl (C=O) groups is 2. The first-order chi connectivity index (χ1) is 15.5. The predicted octanol–water partition coefficient (Wildman–Crippen LogP) is 8.39. The number of carbonyl (C=O) groups excluding carboxylic acids is 2. The third kappa shape index (κ3) is 35.3. The summed E-state index contributed by atoms with van der Waals surface area (Å²) in [5.74, 6) is -0.449. The van der Waals surface area contributed by atoms with E-state index in [4.69, 9.17) is 4.74 Å². The van der Waals surface area contributed by atoms with Gasteiger partial charge in [0.2, 0.25) is 0 Å². The zero-order chi connectivity index (χ0) is 24.1. The van der Waals surface area contributed by atoms with Gasteiger partial charge in [0.25, 0.3) is 0 Å². The minimum absolute atomic E-state index is 0.172. The molecule has 0 rings (SSSR count). The lowest BCUT2D eigenvalue weighted by atomic mass is 10.1. The summed E-state index contributed by atoms with van der Waals surface area (Å²) in [7, 11) is 0. The Balaban J connectivity index is 0. The van der Waals surface area contributed by atoms with E-state index in [1.807, 2.05) is 19.1 Å². The van der Waals surface area contributed by atoms with Crippen molar-refractivity contribution in [1.82, 2.24) is 0 Å². The summed E-state index contributed by atoms with van der Waals surface area (Å²) >= 11 is 0. The van der Waals surface area contributed by atoms with Crippen LogP contribution in [0, 0.1) is 0 Å². The summed E-state index contributed by atoms with van der Waals surface area (Å²) in [6.07, 6.45) is 31.7. The summed E-state index contributed by atoms with van der Waals surface area (Å²) in [5.41, 5.74) is 0. The molecule has 0 aliphatic rings. The highest BCUT2D eigenvalue weighted by atomic mass is 16.5. The van der Waals surface area contributed by atoms with E-state index in [-0.39, 0.29) is 11.9 Å². The van der Waals surface area contributed by atoms with Crippen molar-refractivity contribution < 1.29 is 19.1 Å². The average molecular weight is 449 g/mol. The van der Waals surface area contributed by atoms with E-state index in [1.165, 1.54) is 77.9 Å². The molecule has 0 aromatic rings. The number of hydrogen-bond acceptors (Lipinski definition) is 4. The highest BCUT2D eigenvalue weighted by Crippen LogP contribution is 2.07. The molecular formula is C28H48O4. The van der Waals surface area contributed by atoms with Crippen LogP contribution in [0.1, 0.15) is 111 Å². The van der Waals surface area contributed by atoms with Gasteiger partial charge in [-0.15, -0.1) is 0 Å². The molecule has 0 amide bonds. The molecule has 0 aliphatic carbocycles. The van der Waals surface area contributed by atoms with Gasteiger partial charge in [-0.05, 0) is 45.1 Å². The highest BCUT2D eigenvalue weighted by molar-refractivity contribution is 5.66. The highest BCUT2D eigenvalue weighted by Gasteiger charge is 1.93. The van der Waals surface area contributed by atoms with Crippen LogP contribution in [0.15, 0.2) is 48.8 Å². The fourth-order valence-electron chi connectivity index (χ4n) is 2.79. The number of rotatable bonds is 18. The minimum Gasteiger partial charge on any atom is -0.466 e. The van der Waals surface area contributed by atoms with Gasteiger partial charge in [0.15, 0.2) is 0 Å². The van der Waals surface area contributed by atoms with E-state index < -0.39 is 0 Å². The molecule has 4 nitrogen and oxygen atoms in total. The van der Waals surface area contributed by atoms with E-state index in [2.05, 4.69) is 36.0 Å². The molecule has 0 heterocycles. The van der Waals surface area contributed by atoms with Gasteiger partial charge >= 0.3 is 11.9 Å². The number of esters is 2. The van der Waals surface area contributed by atoms with Crippen molar-refractivity contribution in [1.29, 1.82) is 0 Å². The maximum Gasteiger partial charge on any atom is 0.307 e. The molecule has 0 bridgehead atoms. The molecule has 32 heavy (non-hydrogen) atoms. The SMILES string of the molecule is CC=CC=CCCCCCCCOC(C)=O.CCCCCCCCC=CC=COC(C)=O. The van der Waals surface area contributed by atoms with Crippen LogP contribution in [0.5, 0.6) is 0 Å². The summed E-state index contributed by atoms with van der Waals surface area (Å²) in [4.78, 5) is 20.9. The van der Waals surface area contributed by atoms with Crippen molar-refractivity contribution in [3.8, 4) is 0 Å². The normalized spacial score (nSPS) is 11.4. The van der Waals surface area contributed by atoms with E-state index in [0.717, 1.165) is 25.7 Å². The lowest BCUT2D eigenvalue weighted by molar-refractivity contribution is -0.141. The molecule has 0 unspecified atom stereocenters. The number of allylic oxidation sites excluding steroid dienone is 7. The molecule has 0 N–H and O–H groups in total. The molecule has 0 saturated carbocycles. The Labute approximate surface area is 197 Å². The van der Waals surface area contributed by atoms with Gasteiger partial charge in [-0.25, -0.2) is 0 Å². The first-order valence-electron chi connectivity index (χ1n) is 12.4. The average Bonchev–Trinajstić information content (AvgIpc) is 2.76. The van der Waals surface area contributed by atoms with Gasteiger partial charge in [-0.2, -0.15) is 0 Å². The molecule has 0 aliphatic heterocycles. The smallest absolute Gasteiger partial charge is 0.307 e. The molecule has 0 radical (unpaired) electrons. The van der Waals surface area contributed by atoms with Gasteiger partial charge in [0.1, 0.15) is 0 Å². The van der Waals surface area contributed by atoms with Crippen LogP contribution in [-0.4, -0.2) is 18.5 Å².